The summed E-state index contributed by atoms with van der Waals surface area (Å²) in [6.45, 7) is 6.84. The van der Waals surface area contributed by atoms with Crippen molar-refractivity contribution in [2.45, 2.75) is 238 Å². The second-order valence-corrected chi connectivity index (χ2v) is 20.2. The first-order valence-electron chi connectivity index (χ1n) is 26.0. The number of likely N-dealkylation sites (N-methyl/N-ethyl adjacent to an activating group) is 1. The Kier molecular flexibility index (Phi) is 42.4. The molecular formula is C53H100N2O7P+. The van der Waals surface area contributed by atoms with Crippen molar-refractivity contribution in [3.8, 4) is 0 Å². The normalized spacial score (nSPS) is 14.3. The lowest BCUT2D eigenvalue weighted by Gasteiger charge is -2.27. The molecule has 0 aromatic heterocycles. The monoisotopic (exact) mass is 908 g/mol. The molecule has 63 heavy (non-hydrogen) atoms. The Hall–Kier alpha value is -2.03. The average Bonchev–Trinajstić information content (AvgIpc) is 3.23. The van der Waals surface area contributed by atoms with E-state index in [2.05, 4.69) is 56.5 Å². The van der Waals surface area contributed by atoms with Crippen LogP contribution in [0.5, 0.6) is 0 Å². The van der Waals surface area contributed by atoms with Crippen molar-refractivity contribution in [1.29, 1.82) is 0 Å². The molecule has 3 unspecified atom stereocenters. The summed E-state index contributed by atoms with van der Waals surface area (Å²) >= 11 is 0. The van der Waals surface area contributed by atoms with Gasteiger partial charge < -0.3 is 19.4 Å². The van der Waals surface area contributed by atoms with Crippen molar-refractivity contribution in [2.75, 3.05) is 40.9 Å². The van der Waals surface area contributed by atoms with Gasteiger partial charge in [-0.25, -0.2) is 4.57 Å². The van der Waals surface area contributed by atoms with Crippen molar-refractivity contribution >= 4 is 19.7 Å². The second-order valence-electron chi connectivity index (χ2n) is 18.7. The third-order valence-electron chi connectivity index (χ3n) is 11.3. The predicted octanol–water partition coefficient (Wildman–Crippen LogP) is 15.0. The minimum Gasteiger partial charge on any atom is -0.456 e. The van der Waals surface area contributed by atoms with Gasteiger partial charge in [-0.2, -0.15) is 0 Å². The van der Waals surface area contributed by atoms with Gasteiger partial charge in [-0.3, -0.25) is 18.6 Å². The Morgan fingerprint density at radius 3 is 1.51 bits per heavy atom. The van der Waals surface area contributed by atoms with Crippen LogP contribution in [0.4, 0.5) is 0 Å². The van der Waals surface area contributed by atoms with Crippen molar-refractivity contribution in [3.05, 3.63) is 48.6 Å². The molecule has 0 saturated heterocycles. The lowest BCUT2D eigenvalue weighted by Crippen LogP contribution is -2.47. The van der Waals surface area contributed by atoms with Gasteiger partial charge in [-0.05, 0) is 51.0 Å². The summed E-state index contributed by atoms with van der Waals surface area (Å²) in [5.74, 6) is -0.528. The minimum absolute atomic E-state index is 0.0362. The number of quaternary nitrogens is 1. The third-order valence-corrected chi connectivity index (χ3v) is 12.3. The molecule has 0 aromatic carbocycles. The van der Waals surface area contributed by atoms with Crippen LogP contribution in [0.3, 0.4) is 0 Å². The fourth-order valence-electron chi connectivity index (χ4n) is 7.29. The molecule has 0 rings (SSSR count). The average molecular weight is 908 g/mol. The number of phosphoric ester groups is 1. The lowest BCUT2D eigenvalue weighted by atomic mass is 10.0. The molecule has 368 valence electrons. The molecule has 10 heteroatoms. The van der Waals surface area contributed by atoms with E-state index in [4.69, 9.17) is 13.8 Å². The van der Waals surface area contributed by atoms with Crippen LogP contribution in [-0.2, 0) is 27.9 Å². The van der Waals surface area contributed by atoms with Crippen molar-refractivity contribution in [2.24, 2.45) is 0 Å². The number of nitrogens with zero attached hydrogens (tertiary/aromatic N) is 1. The highest BCUT2D eigenvalue weighted by molar-refractivity contribution is 7.47. The zero-order valence-electron chi connectivity index (χ0n) is 41.8. The number of esters is 1. The fraction of sp³-hybridized carbons (Fsp3) is 0.811. The maximum atomic E-state index is 13.4. The molecule has 0 saturated carbocycles. The molecule has 0 aliphatic heterocycles. The first kappa shape index (κ1) is 61.0. The molecule has 0 bridgehead atoms. The Labute approximate surface area is 388 Å². The van der Waals surface area contributed by atoms with Crippen LogP contribution in [0.2, 0.25) is 0 Å². The summed E-state index contributed by atoms with van der Waals surface area (Å²) < 4.78 is 30.5. The molecule has 0 aliphatic rings. The van der Waals surface area contributed by atoms with Crippen LogP contribution < -0.4 is 5.32 Å². The molecule has 3 atom stereocenters. The molecule has 0 fully saturated rings. The number of nitrogens with one attached hydrogen (secondary N) is 1. The van der Waals surface area contributed by atoms with Crippen molar-refractivity contribution < 1.29 is 37.3 Å². The first-order valence-corrected chi connectivity index (χ1v) is 27.5. The number of unbranched alkanes of at least 4 members (excludes halogenated alkanes) is 26. The van der Waals surface area contributed by atoms with E-state index in [0.717, 1.165) is 83.5 Å². The molecule has 0 aromatic rings. The summed E-state index contributed by atoms with van der Waals surface area (Å²) in [5, 5.41) is 3.02. The van der Waals surface area contributed by atoms with E-state index in [0.29, 0.717) is 17.4 Å². The highest BCUT2D eigenvalue weighted by atomic mass is 31.2. The zero-order valence-corrected chi connectivity index (χ0v) is 42.7. The van der Waals surface area contributed by atoms with Crippen LogP contribution in [0.15, 0.2) is 48.6 Å². The Morgan fingerprint density at radius 2 is 1.02 bits per heavy atom. The maximum Gasteiger partial charge on any atom is 0.472 e. The molecule has 2 N–H and O–H groups in total. The quantitative estimate of drug-likeness (QED) is 0.0156. The van der Waals surface area contributed by atoms with Gasteiger partial charge >= 0.3 is 13.8 Å². The predicted molar refractivity (Wildman–Crippen MR) is 268 cm³/mol. The van der Waals surface area contributed by atoms with Gasteiger partial charge in [-0.15, -0.1) is 0 Å². The minimum atomic E-state index is -4.44. The van der Waals surface area contributed by atoms with E-state index in [9.17, 15) is 19.0 Å². The number of hydrogen-bond acceptors (Lipinski definition) is 6. The molecule has 1 amide bonds. The smallest absolute Gasteiger partial charge is 0.456 e. The second kappa shape index (κ2) is 43.8. The highest BCUT2D eigenvalue weighted by Crippen LogP contribution is 2.43. The van der Waals surface area contributed by atoms with E-state index in [1.165, 1.54) is 109 Å². The van der Waals surface area contributed by atoms with Gasteiger partial charge in [0.1, 0.15) is 19.3 Å². The molecule has 0 heterocycles. The Morgan fingerprint density at radius 1 is 0.571 bits per heavy atom. The van der Waals surface area contributed by atoms with Crippen LogP contribution in [0.25, 0.3) is 0 Å². The fourth-order valence-corrected chi connectivity index (χ4v) is 8.03. The number of allylic oxidation sites excluding steroid dienone is 7. The maximum absolute atomic E-state index is 13.4. The van der Waals surface area contributed by atoms with Crippen molar-refractivity contribution in [1.82, 2.24) is 5.32 Å². The van der Waals surface area contributed by atoms with E-state index in [1.54, 1.807) is 0 Å². The van der Waals surface area contributed by atoms with Gasteiger partial charge in [0.25, 0.3) is 0 Å². The Balaban J connectivity index is 5.48. The van der Waals surface area contributed by atoms with Crippen molar-refractivity contribution in [3.63, 3.8) is 0 Å². The van der Waals surface area contributed by atoms with Crippen LogP contribution in [0, 0.1) is 0 Å². The summed E-state index contributed by atoms with van der Waals surface area (Å²) in [4.78, 5) is 37.4. The van der Waals surface area contributed by atoms with Gasteiger partial charge in [0.05, 0.1) is 33.8 Å². The zero-order chi connectivity index (χ0) is 46.5. The highest BCUT2D eigenvalue weighted by Gasteiger charge is 2.30. The molecule has 0 spiro atoms. The number of carbonyl (C=O) groups is 2. The van der Waals surface area contributed by atoms with Gasteiger partial charge in [0, 0.05) is 12.8 Å². The largest absolute Gasteiger partial charge is 0.472 e. The van der Waals surface area contributed by atoms with E-state index >= 15 is 0 Å². The van der Waals surface area contributed by atoms with E-state index in [1.807, 2.05) is 39.4 Å². The number of rotatable bonds is 46. The molecule has 9 nitrogen and oxygen atoms in total. The number of phosphoric acid groups is 1. The van der Waals surface area contributed by atoms with Crippen LogP contribution in [0.1, 0.15) is 226 Å². The molecule has 0 radical (unpaired) electrons. The van der Waals surface area contributed by atoms with Crippen LogP contribution >= 0.6 is 7.82 Å². The van der Waals surface area contributed by atoms with Gasteiger partial charge in [0.2, 0.25) is 5.91 Å². The standard InChI is InChI=1S/C53H99N2O7P/c1-7-10-13-16-19-22-25-27-30-32-35-38-41-44-51(62-53(57)46-43-40-37-34-29-24-21-18-15-12-9-3)50(49-61-63(58,59)60-48-47-55(4,5)6)54-52(56)45-42-39-36-33-31-28-26-23-20-17-14-11-8-2/h11,14,17,20,23,26,41,44,50-51H,7-10,12-13,15-16,18-19,21-22,24-25,27-40,42-43,45-49H2,1-6H3,(H-,54,56,58,59)/p+1/b14-11+,20-17+,26-23-,44-41+. The number of hydrogen-bond donors (Lipinski definition) is 2. The number of carbonyl (C=O) groups excluding carboxylic acids is 2. The van der Waals surface area contributed by atoms with Gasteiger partial charge in [-0.1, -0.05) is 211 Å². The first-order chi connectivity index (χ1) is 30.4. The number of amides is 1. The number of ether oxygens (including phenoxy) is 1. The summed E-state index contributed by atoms with van der Waals surface area (Å²) in [7, 11) is 1.48. The molecule has 0 aliphatic carbocycles. The van der Waals surface area contributed by atoms with E-state index < -0.39 is 20.0 Å². The molecular weight excluding hydrogens is 808 g/mol. The summed E-state index contributed by atoms with van der Waals surface area (Å²) in [6, 6.07) is -0.854. The topological polar surface area (TPSA) is 111 Å². The third kappa shape index (κ3) is 44.9. The summed E-state index contributed by atoms with van der Waals surface area (Å²) in [6.07, 6.45) is 51.0. The lowest BCUT2D eigenvalue weighted by molar-refractivity contribution is -0.870. The van der Waals surface area contributed by atoms with Gasteiger partial charge in [0.15, 0.2) is 0 Å². The van der Waals surface area contributed by atoms with E-state index in [-0.39, 0.29) is 31.5 Å². The summed E-state index contributed by atoms with van der Waals surface area (Å²) in [5.41, 5.74) is 0. The van der Waals surface area contributed by atoms with Crippen LogP contribution in [-0.4, -0.2) is 74.3 Å². The Bertz CT molecular complexity index is 1230. The SMILES string of the molecule is CC/C=C/C=C/C=C\CCCCCCCC(=O)NC(COP(=O)(O)OCC[N+](C)(C)C)C(/C=C/CCCCCCCCCCCCC)OC(=O)CCCCCCCCCCCCC.